The minimum absolute atomic E-state index is 0.0513. The highest BCUT2D eigenvalue weighted by molar-refractivity contribution is 5.73. The zero-order valence-electron chi connectivity index (χ0n) is 16.8. The molecule has 7 nitrogen and oxygen atoms in total. The van der Waals surface area contributed by atoms with E-state index in [1.54, 1.807) is 6.92 Å². The predicted octanol–water partition coefficient (Wildman–Crippen LogP) is 3.75. The Labute approximate surface area is 166 Å². The summed E-state index contributed by atoms with van der Waals surface area (Å²) < 4.78 is 0. The number of carboxylic acid groups (broad SMARTS) is 3. The summed E-state index contributed by atoms with van der Waals surface area (Å²) in [7, 11) is 0. The molecule has 0 heterocycles. The van der Waals surface area contributed by atoms with Gasteiger partial charge in [0.1, 0.15) is 6.04 Å². The molecule has 0 aliphatic rings. The standard InChI is InChI=1S/C21H33NO6/c1-4-16(12-11-15(3)20(25)26)13-17(8-6-10-19(23)24)14(2)7-5-9-18(22)21(27)28/h4,13,15,18H,2,5-12,22H2,1,3H3,(H,23,24)(H,25,26)(H,27,28)/b16-4-,17-13-. The van der Waals surface area contributed by atoms with E-state index in [4.69, 9.17) is 21.1 Å². The molecule has 0 rings (SSSR count). The number of allylic oxidation sites excluding steroid dienone is 5. The van der Waals surface area contributed by atoms with Crippen LogP contribution >= 0.6 is 0 Å². The summed E-state index contributed by atoms with van der Waals surface area (Å²) in [6, 6.07) is -0.907. The SMILES string of the molecule is C=C(CCCC(N)C(=O)O)/C(=C\C(=C/C)CCC(C)C(=O)O)CCCC(=O)O. The molecule has 0 bridgehead atoms. The average Bonchev–Trinajstić information content (AvgIpc) is 2.62. The van der Waals surface area contributed by atoms with Gasteiger partial charge in [-0.05, 0) is 57.4 Å². The highest BCUT2D eigenvalue weighted by atomic mass is 16.4. The van der Waals surface area contributed by atoms with Crippen molar-refractivity contribution in [2.45, 2.75) is 71.3 Å². The van der Waals surface area contributed by atoms with Crippen LogP contribution in [-0.2, 0) is 14.4 Å². The third-order valence-corrected chi connectivity index (χ3v) is 4.62. The molecule has 7 heteroatoms. The molecule has 28 heavy (non-hydrogen) atoms. The van der Waals surface area contributed by atoms with Crippen LogP contribution in [-0.4, -0.2) is 39.3 Å². The first-order valence-corrected chi connectivity index (χ1v) is 9.55. The molecule has 158 valence electrons. The van der Waals surface area contributed by atoms with Crippen molar-refractivity contribution in [3.63, 3.8) is 0 Å². The number of carbonyl (C=O) groups is 3. The van der Waals surface area contributed by atoms with Crippen LogP contribution in [0, 0.1) is 5.92 Å². The van der Waals surface area contributed by atoms with E-state index >= 15 is 0 Å². The Balaban J connectivity index is 5.06. The highest BCUT2D eigenvalue weighted by Crippen LogP contribution is 2.25. The smallest absolute Gasteiger partial charge is 0.320 e. The van der Waals surface area contributed by atoms with Crippen molar-refractivity contribution in [1.82, 2.24) is 0 Å². The maximum atomic E-state index is 11.0. The number of carboxylic acids is 3. The van der Waals surface area contributed by atoms with E-state index in [0.29, 0.717) is 44.9 Å². The van der Waals surface area contributed by atoms with E-state index in [9.17, 15) is 14.4 Å². The van der Waals surface area contributed by atoms with Crippen molar-refractivity contribution in [3.05, 3.63) is 35.5 Å². The van der Waals surface area contributed by atoms with Crippen LogP contribution in [0.4, 0.5) is 0 Å². The first-order chi connectivity index (χ1) is 13.1. The fraction of sp³-hybridized carbons (Fsp3) is 0.571. The Morgan fingerprint density at radius 1 is 0.964 bits per heavy atom. The minimum atomic E-state index is -1.04. The van der Waals surface area contributed by atoms with E-state index < -0.39 is 29.9 Å². The van der Waals surface area contributed by atoms with Crippen molar-refractivity contribution in [1.29, 1.82) is 0 Å². The molecular weight excluding hydrogens is 362 g/mol. The lowest BCUT2D eigenvalue weighted by Crippen LogP contribution is -2.29. The third-order valence-electron chi connectivity index (χ3n) is 4.62. The van der Waals surface area contributed by atoms with Gasteiger partial charge in [-0.15, -0.1) is 0 Å². The van der Waals surface area contributed by atoms with E-state index in [2.05, 4.69) is 6.58 Å². The zero-order chi connectivity index (χ0) is 21.7. The van der Waals surface area contributed by atoms with Gasteiger partial charge in [-0.25, -0.2) is 0 Å². The lowest BCUT2D eigenvalue weighted by molar-refractivity contribution is -0.141. The second-order valence-electron chi connectivity index (χ2n) is 7.00. The Morgan fingerprint density at radius 3 is 2.11 bits per heavy atom. The Morgan fingerprint density at radius 2 is 1.61 bits per heavy atom. The summed E-state index contributed by atoms with van der Waals surface area (Å²) in [6.45, 7) is 7.62. The molecule has 0 aromatic carbocycles. The lowest BCUT2D eigenvalue weighted by Gasteiger charge is -2.14. The van der Waals surface area contributed by atoms with E-state index in [-0.39, 0.29) is 6.42 Å². The number of aliphatic carboxylic acids is 3. The van der Waals surface area contributed by atoms with Gasteiger partial charge in [0.25, 0.3) is 0 Å². The Kier molecular flexibility index (Phi) is 12.5. The fourth-order valence-corrected chi connectivity index (χ4v) is 2.63. The Hall–Kier alpha value is -2.41. The van der Waals surface area contributed by atoms with E-state index in [1.807, 2.05) is 19.1 Å². The van der Waals surface area contributed by atoms with Gasteiger partial charge in [0.05, 0.1) is 5.92 Å². The molecule has 2 atom stereocenters. The van der Waals surface area contributed by atoms with Gasteiger partial charge in [0, 0.05) is 6.42 Å². The summed E-state index contributed by atoms with van der Waals surface area (Å²) >= 11 is 0. The minimum Gasteiger partial charge on any atom is -0.481 e. The number of hydrogen-bond acceptors (Lipinski definition) is 4. The lowest BCUT2D eigenvalue weighted by atomic mass is 9.92. The van der Waals surface area contributed by atoms with Crippen molar-refractivity contribution in [2.24, 2.45) is 11.7 Å². The topological polar surface area (TPSA) is 138 Å². The molecule has 0 amide bonds. The van der Waals surface area contributed by atoms with Gasteiger partial charge in [0.2, 0.25) is 0 Å². The first-order valence-electron chi connectivity index (χ1n) is 9.55. The molecule has 0 aliphatic heterocycles. The summed E-state index contributed by atoms with van der Waals surface area (Å²) in [5, 5.41) is 26.8. The van der Waals surface area contributed by atoms with E-state index in [0.717, 1.165) is 16.7 Å². The summed E-state index contributed by atoms with van der Waals surface area (Å²) in [5.74, 6) is -3.18. The van der Waals surface area contributed by atoms with Crippen molar-refractivity contribution in [2.75, 3.05) is 0 Å². The molecule has 2 unspecified atom stereocenters. The monoisotopic (exact) mass is 395 g/mol. The largest absolute Gasteiger partial charge is 0.481 e. The summed E-state index contributed by atoms with van der Waals surface area (Å²) in [6.07, 6.45) is 7.53. The summed E-state index contributed by atoms with van der Waals surface area (Å²) in [4.78, 5) is 32.6. The highest BCUT2D eigenvalue weighted by Gasteiger charge is 2.13. The van der Waals surface area contributed by atoms with Gasteiger partial charge in [-0.2, -0.15) is 0 Å². The molecule has 0 spiro atoms. The maximum Gasteiger partial charge on any atom is 0.320 e. The van der Waals surface area contributed by atoms with Crippen molar-refractivity contribution >= 4 is 17.9 Å². The van der Waals surface area contributed by atoms with Crippen molar-refractivity contribution in [3.8, 4) is 0 Å². The van der Waals surface area contributed by atoms with Crippen LogP contribution in [0.3, 0.4) is 0 Å². The molecule has 0 saturated heterocycles. The van der Waals surface area contributed by atoms with Crippen LogP contribution in [0.2, 0.25) is 0 Å². The van der Waals surface area contributed by atoms with Gasteiger partial charge < -0.3 is 21.1 Å². The third kappa shape index (κ3) is 11.3. The molecule has 0 aromatic rings. The maximum absolute atomic E-state index is 11.0. The van der Waals surface area contributed by atoms with Gasteiger partial charge >= 0.3 is 17.9 Å². The molecule has 0 fully saturated rings. The number of hydrogen-bond donors (Lipinski definition) is 4. The average molecular weight is 395 g/mol. The second kappa shape index (κ2) is 13.7. The van der Waals surface area contributed by atoms with Crippen LogP contribution in [0.15, 0.2) is 35.5 Å². The van der Waals surface area contributed by atoms with Crippen molar-refractivity contribution < 1.29 is 29.7 Å². The zero-order valence-corrected chi connectivity index (χ0v) is 16.8. The van der Waals surface area contributed by atoms with Gasteiger partial charge in [-0.3, -0.25) is 14.4 Å². The second-order valence-corrected chi connectivity index (χ2v) is 7.00. The van der Waals surface area contributed by atoms with E-state index in [1.165, 1.54) is 0 Å². The van der Waals surface area contributed by atoms with Gasteiger partial charge in [0.15, 0.2) is 0 Å². The number of rotatable bonds is 15. The van der Waals surface area contributed by atoms with Crippen LogP contribution in [0.5, 0.6) is 0 Å². The fourth-order valence-electron chi connectivity index (χ4n) is 2.63. The molecule has 0 aliphatic carbocycles. The molecule has 5 N–H and O–H groups in total. The Bertz CT molecular complexity index is 620. The molecular formula is C21H33NO6. The van der Waals surface area contributed by atoms with Gasteiger partial charge in [-0.1, -0.05) is 36.8 Å². The predicted molar refractivity (Wildman–Crippen MR) is 108 cm³/mol. The van der Waals surface area contributed by atoms with Crippen LogP contribution in [0.25, 0.3) is 0 Å². The first kappa shape index (κ1) is 25.6. The quantitative estimate of drug-likeness (QED) is 0.310. The number of nitrogens with two attached hydrogens (primary N) is 1. The van der Waals surface area contributed by atoms with Crippen LogP contribution in [0.1, 0.15) is 65.2 Å². The normalized spacial score (nSPS) is 14.4. The molecule has 0 radical (unpaired) electrons. The summed E-state index contributed by atoms with van der Waals surface area (Å²) in [5.41, 5.74) is 8.24. The van der Waals surface area contributed by atoms with Crippen LogP contribution < -0.4 is 5.73 Å². The molecule has 0 aromatic heterocycles. The molecule has 0 saturated carbocycles.